The summed E-state index contributed by atoms with van der Waals surface area (Å²) in [6.07, 6.45) is 0.215. The van der Waals surface area contributed by atoms with Crippen LogP contribution in [0.2, 0.25) is 0 Å². The van der Waals surface area contributed by atoms with Gasteiger partial charge < -0.3 is 14.6 Å². The van der Waals surface area contributed by atoms with E-state index in [-0.39, 0.29) is 13.2 Å². The molecule has 0 saturated heterocycles. The van der Waals surface area contributed by atoms with Gasteiger partial charge in [-0.25, -0.2) is 0 Å². The Kier molecular flexibility index (Phi) is 5.69. The highest BCUT2D eigenvalue weighted by Gasteiger charge is 2.38. The summed E-state index contributed by atoms with van der Waals surface area (Å²) in [5.41, 5.74) is 0.942. The van der Waals surface area contributed by atoms with Crippen LogP contribution >= 0.6 is 0 Å². The molecule has 0 aliphatic carbocycles. The zero-order chi connectivity index (χ0) is 15.3. The summed E-state index contributed by atoms with van der Waals surface area (Å²) in [5, 5.41) is 14.4. The number of hydrogen-bond acceptors (Lipinski definition) is 6. The highest BCUT2D eigenvalue weighted by molar-refractivity contribution is 5.95. The van der Waals surface area contributed by atoms with E-state index in [2.05, 4.69) is 5.10 Å². The lowest BCUT2D eigenvalue weighted by atomic mass is 9.96. The topological polar surface area (TPSA) is 90.7 Å². The smallest absolute Gasteiger partial charge is 0.323 e. The lowest BCUT2D eigenvalue weighted by Crippen LogP contribution is -2.33. The molecule has 0 bridgehead atoms. The lowest BCUT2D eigenvalue weighted by molar-refractivity contribution is -0.167. The van der Waals surface area contributed by atoms with E-state index in [1.165, 1.54) is 4.68 Å². The van der Waals surface area contributed by atoms with Crippen LogP contribution in [0.15, 0.2) is 6.20 Å². The van der Waals surface area contributed by atoms with Crippen molar-refractivity contribution < 1.29 is 24.2 Å². The van der Waals surface area contributed by atoms with Crippen molar-refractivity contribution in [1.29, 1.82) is 0 Å². The van der Waals surface area contributed by atoms with Crippen LogP contribution < -0.4 is 0 Å². The molecule has 112 valence electrons. The second-order valence-electron chi connectivity index (χ2n) is 4.27. The fraction of sp³-hybridized carbons (Fsp3) is 0.615. The van der Waals surface area contributed by atoms with Crippen LogP contribution in [-0.4, -0.2) is 40.0 Å². The standard InChI is InChI=1S/C13H20N2O5/c1-5-19-12(17)10(13(18)20-6-2)11(16)9-7-15(4)14-8(9)3/h7,10-11,16H,5-6H2,1-4H3. The van der Waals surface area contributed by atoms with Gasteiger partial charge in [0.05, 0.1) is 18.9 Å². The van der Waals surface area contributed by atoms with E-state index in [0.717, 1.165) is 0 Å². The first-order chi connectivity index (χ1) is 9.42. The summed E-state index contributed by atoms with van der Waals surface area (Å²) in [6, 6.07) is 0. The van der Waals surface area contributed by atoms with Gasteiger partial charge in [-0.05, 0) is 20.8 Å². The lowest BCUT2D eigenvalue weighted by Gasteiger charge is -2.19. The third-order valence-electron chi connectivity index (χ3n) is 2.77. The monoisotopic (exact) mass is 284 g/mol. The van der Waals surface area contributed by atoms with Crippen LogP contribution in [0, 0.1) is 12.8 Å². The van der Waals surface area contributed by atoms with Gasteiger partial charge in [-0.1, -0.05) is 0 Å². The highest BCUT2D eigenvalue weighted by Crippen LogP contribution is 2.26. The fourth-order valence-electron chi connectivity index (χ4n) is 1.91. The Balaban J connectivity index is 3.06. The van der Waals surface area contributed by atoms with Crippen molar-refractivity contribution in [3.63, 3.8) is 0 Å². The zero-order valence-corrected chi connectivity index (χ0v) is 12.1. The maximum absolute atomic E-state index is 11.9. The Morgan fingerprint density at radius 1 is 1.30 bits per heavy atom. The summed E-state index contributed by atoms with van der Waals surface area (Å²) >= 11 is 0. The van der Waals surface area contributed by atoms with Crippen LogP contribution in [-0.2, 0) is 26.1 Å². The molecule has 20 heavy (non-hydrogen) atoms. The first kappa shape index (κ1) is 16.2. The number of carbonyl (C=O) groups excluding carboxylic acids is 2. The molecule has 1 aromatic heterocycles. The van der Waals surface area contributed by atoms with E-state index in [9.17, 15) is 14.7 Å². The predicted molar refractivity (Wildman–Crippen MR) is 69.7 cm³/mol. The van der Waals surface area contributed by atoms with E-state index in [0.29, 0.717) is 11.3 Å². The molecule has 1 aromatic rings. The summed E-state index contributed by atoms with van der Waals surface area (Å²) in [4.78, 5) is 23.8. The van der Waals surface area contributed by atoms with E-state index >= 15 is 0 Å². The van der Waals surface area contributed by atoms with Crippen LogP contribution in [0.1, 0.15) is 31.2 Å². The minimum Gasteiger partial charge on any atom is -0.465 e. The molecule has 0 fully saturated rings. The van der Waals surface area contributed by atoms with Gasteiger partial charge in [0, 0.05) is 18.8 Å². The third kappa shape index (κ3) is 3.57. The molecule has 0 aromatic carbocycles. The molecule has 0 radical (unpaired) electrons. The number of aliphatic hydroxyl groups is 1. The van der Waals surface area contributed by atoms with Gasteiger partial charge in [0.25, 0.3) is 0 Å². The second kappa shape index (κ2) is 7.04. The molecular weight excluding hydrogens is 264 g/mol. The Labute approximate surface area is 117 Å². The van der Waals surface area contributed by atoms with Gasteiger partial charge in [0.1, 0.15) is 6.10 Å². The maximum atomic E-state index is 11.9. The second-order valence-corrected chi connectivity index (χ2v) is 4.27. The number of rotatable bonds is 6. The Hall–Kier alpha value is -1.89. The van der Waals surface area contributed by atoms with Gasteiger partial charge in [-0.15, -0.1) is 0 Å². The first-order valence-corrected chi connectivity index (χ1v) is 6.43. The molecule has 7 nitrogen and oxygen atoms in total. The molecular formula is C13H20N2O5. The van der Waals surface area contributed by atoms with Gasteiger partial charge >= 0.3 is 11.9 Å². The molecule has 0 amide bonds. The van der Waals surface area contributed by atoms with E-state index < -0.39 is 24.0 Å². The number of ether oxygens (including phenoxy) is 2. The van der Waals surface area contributed by atoms with Crippen molar-refractivity contribution in [2.45, 2.75) is 26.9 Å². The molecule has 1 heterocycles. The van der Waals surface area contributed by atoms with Crippen LogP contribution in [0.3, 0.4) is 0 Å². The van der Waals surface area contributed by atoms with Crippen molar-refractivity contribution in [3.05, 3.63) is 17.5 Å². The minimum absolute atomic E-state index is 0.119. The maximum Gasteiger partial charge on any atom is 0.323 e. The average molecular weight is 284 g/mol. The van der Waals surface area contributed by atoms with Crippen molar-refractivity contribution in [2.75, 3.05) is 13.2 Å². The summed E-state index contributed by atoms with van der Waals surface area (Å²) in [5.74, 6) is -3.01. The van der Waals surface area contributed by atoms with Gasteiger partial charge in [-0.2, -0.15) is 5.10 Å². The molecule has 0 aliphatic heterocycles. The third-order valence-corrected chi connectivity index (χ3v) is 2.77. The number of hydrogen-bond donors (Lipinski definition) is 1. The van der Waals surface area contributed by atoms with Crippen LogP contribution in [0.25, 0.3) is 0 Å². The van der Waals surface area contributed by atoms with Crippen LogP contribution in [0.4, 0.5) is 0 Å². The molecule has 7 heteroatoms. The fourth-order valence-corrected chi connectivity index (χ4v) is 1.91. The van der Waals surface area contributed by atoms with E-state index in [1.54, 1.807) is 34.0 Å². The normalized spacial score (nSPS) is 12.3. The number of aryl methyl sites for hydroxylation is 2. The Morgan fingerprint density at radius 3 is 2.15 bits per heavy atom. The van der Waals surface area contributed by atoms with Crippen molar-refractivity contribution >= 4 is 11.9 Å². The molecule has 1 N–H and O–H groups in total. The first-order valence-electron chi connectivity index (χ1n) is 6.43. The predicted octanol–water partition coefficient (Wildman–Crippen LogP) is 0.504. The number of aliphatic hydroxyl groups excluding tert-OH is 1. The Morgan fingerprint density at radius 2 is 1.80 bits per heavy atom. The SMILES string of the molecule is CCOC(=O)C(C(=O)OCC)C(O)c1cn(C)nc1C. The highest BCUT2D eigenvalue weighted by atomic mass is 16.6. The molecule has 0 aliphatic rings. The molecule has 1 atom stereocenters. The van der Waals surface area contributed by atoms with E-state index in [4.69, 9.17) is 9.47 Å². The quantitative estimate of drug-likeness (QED) is 0.604. The summed E-state index contributed by atoms with van der Waals surface area (Å²) in [7, 11) is 1.69. The van der Waals surface area contributed by atoms with Gasteiger partial charge in [-0.3, -0.25) is 14.3 Å². The average Bonchev–Trinajstić information content (AvgIpc) is 2.69. The largest absolute Gasteiger partial charge is 0.465 e. The van der Waals surface area contributed by atoms with Gasteiger partial charge in [0.15, 0.2) is 5.92 Å². The zero-order valence-electron chi connectivity index (χ0n) is 12.1. The van der Waals surface area contributed by atoms with E-state index in [1.807, 2.05) is 0 Å². The number of aromatic nitrogens is 2. The van der Waals surface area contributed by atoms with Crippen molar-refractivity contribution in [1.82, 2.24) is 9.78 Å². The van der Waals surface area contributed by atoms with Crippen molar-refractivity contribution in [2.24, 2.45) is 13.0 Å². The number of esters is 2. The number of nitrogens with zero attached hydrogens (tertiary/aromatic N) is 2. The number of carbonyl (C=O) groups is 2. The van der Waals surface area contributed by atoms with Crippen molar-refractivity contribution in [3.8, 4) is 0 Å². The summed E-state index contributed by atoms with van der Waals surface area (Å²) in [6.45, 7) is 5.18. The molecule has 0 spiro atoms. The van der Waals surface area contributed by atoms with Crippen LogP contribution in [0.5, 0.6) is 0 Å². The Bertz CT molecular complexity index is 465. The molecule has 1 rings (SSSR count). The molecule has 0 saturated carbocycles. The van der Waals surface area contributed by atoms with Gasteiger partial charge in [0.2, 0.25) is 0 Å². The molecule has 1 unspecified atom stereocenters. The minimum atomic E-state index is -1.40. The summed E-state index contributed by atoms with van der Waals surface area (Å²) < 4.78 is 11.2.